The Morgan fingerprint density at radius 1 is 1.54 bits per heavy atom. The van der Waals surface area contributed by atoms with Crippen LogP contribution >= 0.6 is 0 Å². The van der Waals surface area contributed by atoms with Gasteiger partial charge in [-0.3, -0.25) is 0 Å². The van der Waals surface area contributed by atoms with Gasteiger partial charge < -0.3 is 10.4 Å². The minimum absolute atomic E-state index is 0.400. The molecular formula is C11H15NO. The summed E-state index contributed by atoms with van der Waals surface area (Å²) in [5, 5.41) is 13.1. The second-order valence-corrected chi connectivity index (χ2v) is 3.57. The predicted octanol–water partition coefficient (Wildman–Crippen LogP) is 1.99. The molecule has 0 radical (unpaired) electrons. The fourth-order valence-electron chi connectivity index (χ4n) is 1.64. The Hall–Kier alpha value is -1.02. The fraction of sp³-hybridized carbons (Fsp3) is 0.455. The van der Waals surface area contributed by atoms with Crippen LogP contribution in [0.1, 0.15) is 30.5 Å². The Morgan fingerprint density at radius 2 is 2.31 bits per heavy atom. The van der Waals surface area contributed by atoms with Crippen LogP contribution in [0.25, 0.3) is 0 Å². The van der Waals surface area contributed by atoms with Gasteiger partial charge >= 0.3 is 0 Å². The first-order valence-corrected chi connectivity index (χ1v) is 4.87. The van der Waals surface area contributed by atoms with Crippen molar-refractivity contribution in [1.82, 2.24) is 5.32 Å². The second kappa shape index (κ2) is 3.38. The van der Waals surface area contributed by atoms with Gasteiger partial charge in [-0.1, -0.05) is 31.5 Å². The lowest BCUT2D eigenvalue weighted by Gasteiger charge is -2.07. The number of para-hydroxylation sites is 1. The van der Waals surface area contributed by atoms with Crippen molar-refractivity contribution in [2.45, 2.75) is 25.8 Å². The third-order valence-electron chi connectivity index (χ3n) is 2.45. The normalized spacial score (nSPS) is 20.2. The van der Waals surface area contributed by atoms with E-state index >= 15 is 0 Å². The lowest BCUT2D eigenvalue weighted by Crippen LogP contribution is -1.90. The van der Waals surface area contributed by atoms with E-state index < -0.39 is 0 Å². The summed E-state index contributed by atoms with van der Waals surface area (Å²) in [6.45, 7) is 3.13. The summed E-state index contributed by atoms with van der Waals surface area (Å²) >= 11 is 0. The zero-order valence-corrected chi connectivity index (χ0v) is 7.88. The number of phenolic OH excluding ortho intramolecular Hbond substituents is 1. The number of hydrogen-bond donors (Lipinski definition) is 2. The molecular weight excluding hydrogens is 162 g/mol. The van der Waals surface area contributed by atoms with Gasteiger partial charge in [-0.05, 0) is 12.0 Å². The highest BCUT2D eigenvalue weighted by molar-refractivity contribution is 5.44. The van der Waals surface area contributed by atoms with E-state index in [1.54, 1.807) is 0 Å². The van der Waals surface area contributed by atoms with Gasteiger partial charge in [0.2, 0.25) is 0 Å². The highest BCUT2D eigenvalue weighted by Gasteiger charge is 2.25. The quantitative estimate of drug-likeness (QED) is 0.693. The topological polar surface area (TPSA) is 42.2 Å². The van der Waals surface area contributed by atoms with Crippen LogP contribution in [0, 0.1) is 0 Å². The van der Waals surface area contributed by atoms with E-state index in [0.29, 0.717) is 11.8 Å². The fourth-order valence-corrected chi connectivity index (χ4v) is 1.64. The van der Waals surface area contributed by atoms with E-state index in [2.05, 4.69) is 12.2 Å². The van der Waals surface area contributed by atoms with Gasteiger partial charge in [0, 0.05) is 18.2 Å². The molecule has 2 heteroatoms. The van der Waals surface area contributed by atoms with Crippen molar-refractivity contribution in [3.63, 3.8) is 0 Å². The molecule has 1 heterocycles. The smallest absolute Gasteiger partial charge is 0.123 e. The molecule has 70 valence electrons. The van der Waals surface area contributed by atoms with E-state index in [-0.39, 0.29) is 0 Å². The van der Waals surface area contributed by atoms with E-state index in [4.69, 9.17) is 0 Å². The summed E-state index contributed by atoms with van der Waals surface area (Å²) in [4.78, 5) is 0. The number of benzene rings is 1. The van der Waals surface area contributed by atoms with Gasteiger partial charge in [0.15, 0.2) is 0 Å². The van der Waals surface area contributed by atoms with E-state index in [1.165, 1.54) is 0 Å². The predicted molar refractivity (Wildman–Crippen MR) is 52.8 cm³/mol. The molecule has 1 aromatic carbocycles. The molecule has 1 saturated heterocycles. The molecule has 2 nitrogen and oxygen atoms in total. The lowest BCUT2D eigenvalue weighted by atomic mass is 10.0. The molecule has 1 aromatic rings. The average Bonchev–Trinajstić information content (AvgIpc) is 2.92. The van der Waals surface area contributed by atoms with E-state index in [1.807, 2.05) is 18.2 Å². The first-order valence-electron chi connectivity index (χ1n) is 4.87. The molecule has 0 bridgehead atoms. The van der Waals surface area contributed by atoms with Crippen molar-refractivity contribution in [2.24, 2.45) is 0 Å². The molecule has 1 atom stereocenters. The molecule has 0 amide bonds. The molecule has 0 saturated carbocycles. The number of rotatable bonds is 3. The van der Waals surface area contributed by atoms with Crippen LogP contribution in [0.15, 0.2) is 18.2 Å². The van der Waals surface area contributed by atoms with Crippen LogP contribution in [-0.2, 0) is 6.42 Å². The zero-order valence-electron chi connectivity index (χ0n) is 7.88. The zero-order chi connectivity index (χ0) is 9.26. The molecule has 2 rings (SSSR count). The van der Waals surface area contributed by atoms with Crippen LogP contribution in [0.4, 0.5) is 0 Å². The molecule has 1 aliphatic rings. The molecule has 2 N–H and O–H groups in total. The number of aromatic hydroxyl groups is 1. The van der Waals surface area contributed by atoms with Crippen molar-refractivity contribution >= 4 is 0 Å². The largest absolute Gasteiger partial charge is 0.507 e. The highest BCUT2D eigenvalue weighted by atomic mass is 16.3. The van der Waals surface area contributed by atoms with E-state index in [0.717, 1.165) is 30.5 Å². The van der Waals surface area contributed by atoms with Gasteiger partial charge in [-0.15, -0.1) is 0 Å². The lowest BCUT2D eigenvalue weighted by molar-refractivity contribution is 0.460. The van der Waals surface area contributed by atoms with Crippen molar-refractivity contribution in [2.75, 3.05) is 6.54 Å². The number of aryl methyl sites for hydroxylation is 1. The van der Waals surface area contributed by atoms with Crippen molar-refractivity contribution < 1.29 is 5.11 Å². The standard InChI is InChI=1S/C11H15NO/c1-2-4-8-5-3-6-9(11(8)13)10-7-12-10/h3,5-6,10,12-13H,2,4,7H2,1H3/t10-/m1/s1. The summed E-state index contributed by atoms with van der Waals surface area (Å²) in [6.07, 6.45) is 2.04. The molecule has 0 unspecified atom stereocenters. The van der Waals surface area contributed by atoms with Crippen molar-refractivity contribution in [3.8, 4) is 5.75 Å². The van der Waals surface area contributed by atoms with Gasteiger partial charge in [0.25, 0.3) is 0 Å². The summed E-state index contributed by atoms with van der Waals surface area (Å²) < 4.78 is 0. The third-order valence-corrected chi connectivity index (χ3v) is 2.45. The van der Waals surface area contributed by atoms with Gasteiger partial charge in [0.05, 0.1) is 0 Å². The maximum absolute atomic E-state index is 9.89. The molecule has 13 heavy (non-hydrogen) atoms. The Kier molecular flexibility index (Phi) is 2.23. The van der Waals surface area contributed by atoms with Crippen LogP contribution in [-0.4, -0.2) is 11.7 Å². The molecule has 0 spiro atoms. The monoisotopic (exact) mass is 177 g/mol. The van der Waals surface area contributed by atoms with Crippen LogP contribution in [0.5, 0.6) is 5.75 Å². The first kappa shape index (κ1) is 8.57. The molecule has 0 aromatic heterocycles. The summed E-state index contributed by atoms with van der Waals surface area (Å²) in [6, 6.07) is 6.43. The Bertz CT molecular complexity index is 305. The Labute approximate surface area is 78.6 Å². The van der Waals surface area contributed by atoms with Gasteiger partial charge in [-0.2, -0.15) is 0 Å². The highest BCUT2D eigenvalue weighted by Crippen LogP contribution is 2.32. The molecule has 1 fully saturated rings. The average molecular weight is 177 g/mol. The number of nitrogens with one attached hydrogen (secondary N) is 1. The maximum Gasteiger partial charge on any atom is 0.123 e. The van der Waals surface area contributed by atoms with Crippen molar-refractivity contribution in [3.05, 3.63) is 29.3 Å². The second-order valence-electron chi connectivity index (χ2n) is 3.57. The van der Waals surface area contributed by atoms with Crippen LogP contribution < -0.4 is 5.32 Å². The summed E-state index contributed by atoms with van der Waals surface area (Å²) in [5.41, 5.74) is 2.14. The minimum atomic E-state index is 0.400. The number of hydrogen-bond acceptors (Lipinski definition) is 2. The molecule has 1 aliphatic heterocycles. The summed E-state index contributed by atoms with van der Waals surface area (Å²) in [7, 11) is 0. The Morgan fingerprint density at radius 3 is 2.92 bits per heavy atom. The van der Waals surface area contributed by atoms with Gasteiger partial charge in [0.1, 0.15) is 5.75 Å². The number of phenols is 1. The Balaban J connectivity index is 2.30. The van der Waals surface area contributed by atoms with Crippen LogP contribution in [0.2, 0.25) is 0 Å². The maximum atomic E-state index is 9.89. The summed E-state index contributed by atoms with van der Waals surface area (Å²) in [5.74, 6) is 0.499. The molecule has 0 aliphatic carbocycles. The van der Waals surface area contributed by atoms with Crippen molar-refractivity contribution in [1.29, 1.82) is 0 Å². The first-order chi connectivity index (χ1) is 6.33. The van der Waals surface area contributed by atoms with E-state index in [9.17, 15) is 5.11 Å². The van der Waals surface area contributed by atoms with Gasteiger partial charge in [-0.25, -0.2) is 0 Å². The SMILES string of the molecule is CCCc1cccc([C@H]2CN2)c1O. The van der Waals surface area contributed by atoms with Crippen LogP contribution in [0.3, 0.4) is 0 Å². The third kappa shape index (κ3) is 1.68. The minimum Gasteiger partial charge on any atom is -0.507 e.